The number of aromatic nitrogens is 2. The number of hydrogen-bond donors (Lipinski definition) is 1. The smallest absolute Gasteiger partial charge is 0.0884 e. The zero-order chi connectivity index (χ0) is 13.2. The van der Waals surface area contributed by atoms with E-state index in [9.17, 15) is 5.11 Å². The largest absolute Gasteiger partial charge is 0.390 e. The van der Waals surface area contributed by atoms with Crippen molar-refractivity contribution in [2.75, 3.05) is 7.11 Å². The fourth-order valence-corrected chi connectivity index (χ4v) is 2.07. The van der Waals surface area contributed by atoms with E-state index in [0.717, 1.165) is 22.4 Å². The van der Waals surface area contributed by atoms with Crippen molar-refractivity contribution in [3.05, 3.63) is 15.9 Å². The first kappa shape index (κ1) is 14.7. The van der Waals surface area contributed by atoms with E-state index in [2.05, 4.69) is 21.0 Å². The van der Waals surface area contributed by atoms with Crippen molar-refractivity contribution in [3.63, 3.8) is 0 Å². The number of hydrogen-bond acceptors (Lipinski definition) is 3. The van der Waals surface area contributed by atoms with Gasteiger partial charge in [0.05, 0.1) is 27.6 Å². The first-order chi connectivity index (χ1) is 7.83. The van der Waals surface area contributed by atoms with Crippen molar-refractivity contribution in [1.29, 1.82) is 0 Å². The molecule has 1 unspecified atom stereocenters. The molecule has 0 fully saturated rings. The normalized spacial score (nSPS) is 14.1. The highest BCUT2D eigenvalue weighted by molar-refractivity contribution is 9.10. The molecule has 0 saturated carbocycles. The van der Waals surface area contributed by atoms with Gasteiger partial charge < -0.3 is 9.84 Å². The number of halogens is 1. The lowest BCUT2D eigenvalue weighted by atomic mass is 9.97. The average molecular weight is 305 g/mol. The molecular formula is C12H21BrN2O2. The third-order valence-corrected chi connectivity index (χ3v) is 4.20. The molecule has 1 N–H and O–H groups in total. The molecule has 1 heterocycles. The minimum absolute atomic E-state index is 0.524. The lowest BCUT2D eigenvalue weighted by molar-refractivity contribution is -0.0771. The Morgan fingerprint density at radius 1 is 1.53 bits per heavy atom. The van der Waals surface area contributed by atoms with Crippen molar-refractivity contribution in [1.82, 2.24) is 9.78 Å². The molecule has 0 radical (unpaired) electrons. The summed E-state index contributed by atoms with van der Waals surface area (Å²) in [6.07, 6.45) is -0.0407. The molecular weight excluding hydrogens is 284 g/mol. The first-order valence-electron chi connectivity index (χ1n) is 5.78. The van der Waals surface area contributed by atoms with Gasteiger partial charge in [0.15, 0.2) is 0 Å². The molecule has 0 spiro atoms. The zero-order valence-electron chi connectivity index (χ0n) is 11.1. The molecule has 1 aromatic heterocycles. The first-order valence-corrected chi connectivity index (χ1v) is 6.57. The van der Waals surface area contributed by atoms with E-state index in [1.165, 1.54) is 0 Å². The summed E-state index contributed by atoms with van der Waals surface area (Å²) in [6, 6.07) is 0. The molecule has 0 aliphatic heterocycles. The number of nitrogens with zero attached hydrogens (tertiary/aromatic N) is 2. The van der Waals surface area contributed by atoms with Crippen molar-refractivity contribution < 1.29 is 9.84 Å². The Morgan fingerprint density at radius 2 is 2.12 bits per heavy atom. The van der Waals surface area contributed by atoms with E-state index in [-0.39, 0.29) is 0 Å². The monoisotopic (exact) mass is 304 g/mol. The van der Waals surface area contributed by atoms with E-state index in [1.807, 2.05) is 32.4 Å². The van der Waals surface area contributed by atoms with E-state index in [4.69, 9.17) is 4.74 Å². The lowest BCUT2D eigenvalue weighted by Crippen LogP contribution is -2.40. The van der Waals surface area contributed by atoms with Gasteiger partial charge >= 0.3 is 0 Å². The van der Waals surface area contributed by atoms with Crippen LogP contribution in [0, 0.1) is 6.92 Å². The van der Waals surface area contributed by atoms with Gasteiger partial charge in [0, 0.05) is 20.1 Å². The fraction of sp³-hybridized carbons (Fsp3) is 0.750. The standard InChI is InChI=1S/C12H21BrN2O2/c1-6-15-9(11(13)8(2)14-15)7-10(16)12(3,4)17-5/h10,16H,6-7H2,1-5H3. The maximum atomic E-state index is 10.2. The van der Waals surface area contributed by atoms with Crippen LogP contribution in [0.3, 0.4) is 0 Å². The molecule has 1 aromatic rings. The van der Waals surface area contributed by atoms with Gasteiger partial charge in [-0.1, -0.05) is 0 Å². The summed E-state index contributed by atoms with van der Waals surface area (Å²) in [6.45, 7) is 8.54. The van der Waals surface area contributed by atoms with Crippen LogP contribution in [-0.2, 0) is 17.7 Å². The average Bonchev–Trinajstić information content (AvgIpc) is 2.56. The highest BCUT2D eigenvalue weighted by atomic mass is 79.9. The Balaban J connectivity index is 2.95. The van der Waals surface area contributed by atoms with Crippen molar-refractivity contribution in [3.8, 4) is 0 Å². The van der Waals surface area contributed by atoms with E-state index in [0.29, 0.717) is 6.42 Å². The van der Waals surface area contributed by atoms with Crippen molar-refractivity contribution in [2.45, 2.75) is 52.4 Å². The Kier molecular flexibility index (Phi) is 4.75. The molecule has 0 bridgehead atoms. The summed E-state index contributed by atoms with van der Waals surface area (Å²) in [5.41, 5.74) is 1.41. The predicted octanol–water partition coefficient (Wildman–Crippen LogP) is 2.30. The van der Waals surface area contributed by atoms with Gasteiger partial charge in [0.1, 0.15) is 0 Å². The zero-order valence-corrected chi connectivity index (χ0v) is 12.7. The Hall–Kier alpha value is -0.390. The van der Waals surface area contributed by atoms with Crippen LogP contribution < -0.4 is 0 Å². The predicted molar refractivity (Wildman–Crippen MR) is 71.1 cm³/mol. The van der Waals surface area contributed by atoms with Crippen LogP contribution in [0.15, 0.2) is 4.47 Å². The third-order valence-electron chi connectivity index (χ3n) is 3.17. The van der Waals surface area contributed by atoms with Gasteiger partial charge in [0.25, 0.3) is 0 Å². The van der Waals surface area contributed by atoms with E-state index >= 15 is 0 Å². The van der Waals surface area contributed by atoms with Crippen LogP contribution in [0.25, 0.3) is 0 Å². The molecule has 98 valence electrons. The van der Waals surface area contributed by atoms with Crippen LogP contribution in [0.2, 0.25) is 0 Å². The third kappa shape index (κ3) is 3.09. The van der Waals surface area contributed by atoms with Gasteiger partial charge in [-0.05, 0) is 43.6 Å². The Morgan fingerprint density at radius 3 is 2.59 bits per heavy atom. The quantitative estimate of drug-likeness (QED) is 0.908. The molecule has 1 atom stereocenters. The second kappa shape index (κ2) is 5.50. The summed E-state index contributed by atoms with van der Waals surface area (Å²) >= 11 is 3.52. The Labute approximate surface area is 111 Å². The van der Waals surface area contributed by atoms with Gasteiger partial charge in [-0.15, -0.1) is 0 Å². The molecule has 0 aliphatic rings. The number of aliphatic hydroxyl groups is 1. The minimum atomic E-state index is -0.565. The SMILES string of the molecule is CCn1nc(C)c(Br)c1CC(O)C(C)(C)OC. The maximum absolute atomic E-state index is 10.2. The highest BCUT2D eigenvalue weighted by Gasteiger charge is 2.29. The van der Waals surface area contributed by atoms with Crippen molar-refractivity contribution in [2.24, 2.45) is 0 Å². The van der Waals surface area contributed by atoms with Crippen LogP contribution in [0.1, 0.15) is 32.2 Å². The topological polar surface area (TPSA) is 47.3 Å². The van der Waals surface area contributed by atoms with Gasteiger partial charge in [-0.25, -0.2) is 0 Å². The number of methoxy groups -OCH3 is 1. The second-order valence-electron chi connectivity index (χ2n) is 4.69. The summed E-state index contributed by atoms with van der Waals surface area (Å²) in [5.74, 6) is 0. The van der Waals surface area contributed by atoms with Crippen LogP contribution in [0.4, 0.5) is 0 Å². The molecule has 0 aliphatic carbocycles. The van der Waals surface area contributed by atoms with Gasteiger partial charge in [0.2, 0.25) is 0 Å². The highest BCUT2D eigenvalue weighted by Crippen LogP contribution is 2.25. The Bertz CT molecular complexity index is 388. The maximum Gasteiger partial charge on any atom is 0.0884 e. The van der Waals surface area contributed by atoms with Crippen molar-refractivity contribution >= 4 is 15.9 Å². The molecule has 0 amide bonds. The van der Waals surface area contributed by atoms with E-state index < -0.39 is 11.7 Å². The second-order valence-corrected chi connectivity index (χ2v) is 5.48. The molecule has 0 aromatic carbocycles. The number of aliphatic hydroxyl groups excluding tert-OH is 1. The summed E-state index contributed by atoms with van der Waals surface area (Å²) in [7, 11) is 1.61. The summed E-state index contributed by atoms with van der Waals surface area (Å²) in [4.78, 5) is 0. The molecule has 17 heavy (non-hydrogen) atoms. The molecule has 5 heteroatoms. The fourth-order valence-electron chi connectivity index (χ4n) is 1.63. The van der Waals surface area contributed by atoms with E-state index in [1.54, 1.807) is 7.11 Å². The summed E-state index contributed by atoms with van der Waals surface area (Å²) in [5, 5.41) is 14.6. The number of ether oxygens (including phenoxy) is 1. The number of aryl methyl sites for hydroxylation is 2. The van der Waals surface area contributed by atoms with Crippen LogP contribution in [0.5, 0.6) is 0 Å². The molecule has 1 rings (SSSR count). The summed E-state index contributed by atoms with van der Waals surface area (Å²) < 4.78 is 8.19. The molecule has 0 saturated heterocycles. The van der Waals surface area contributed by atoms with Crippen LogP contribution in [-0.4, -0.2) is 33.7 Å². The van der Waals surface area contributed by atoms with Gasteiger partial charge in [-0.2, -0.15) is 5.10 Å². The van der Waals surface area contributed by atoms with Crippen LogP contribution >= 0.6 is 15.9 Å². The molecule has 4 nitrogen and oxygen atoms in total. The minimum Gasteiger partial charge on any atom is -0.390 e. The lowest BCUT2D eigenvalue weighted by Gasteiger charge is -2.29. The van der Waals surface area contributed by atoms with Gasteiger partial charge in [-0.3, -0.25) is 4.68 Å². The number of rotatable bonds is 5.